The Morgan fingerprint density at radius 3 is 2.05 bits per heavy atom. The van der Waals surface area contributed by atoms with E-state index in [0.29, 0.717) is 0 Å². The summed E-state index contributed by atoms with van der Waals surface area (Å²) in [5.41, 5.74) is 0.434. The largest absolute Gasteiger partial charge is 0.472 e. The van der Waals surface area contributed by atoms with Crippen molar-refractivity contribution in [2.24, 2.45) is 0 Å². The Bertz CT molecular complexity index is 709. The van der Waals surface area contributed by atoms with E-state index in [0.717, 1.165) is 29.0 Å². The van der Waals surface area contributed by atoms with E-state index in [1.165, 1.54) is 6.92 Å². The van der Waals surface area contributed by atoms with Gasteiger partial charge in [-0.3, -0.25) is 9.59 Å². The van der Waals surface area contributed by atoms with Crippen LogP contribution >= 0.6 is 0 Å². The zero-order chi connectivity index (χ0) is 17.1. The molecule has 1 aromatic rings. The molecule has 0 saturated heterocycles. The minimum Gasteiger partial charge on any atom is -0.322 e. The summed E-state index contributed by atoms with van der Waals surface area (Å²) in [5, 5.41) is 2.38. The van der Waals surface area contributed by atoms with Gasteiger partial charge in [-0.15, -0.1) is 0 Å². The molecule has 0 aliphatic rings. The van der Waals surface area contributed by atoms with Crippen LogP contribution in [0.15, 0.2) is 41.3 Å². The quantitative estimate of drug-likeness (QED) is 0.816. The zero-order valence-corrected chi connectivity index (χ0v) is 12.0. The molecule has 0 aromatic heterocycles. The number of anilines is 1. The van der Waals surface area contributed by atoms with Gasteiger partial charge in [0, 0.05) is 11.3 Å². The first-order valence-electron chi connectivity index (χ1n) is 5.64. The molecule has 0 atom stereocenters. The summed E-state index contributed by atoms with van der Waals surface area (Å²) >= 11 is 0. The zero-order valence-electron chi connectivity index (χ0n) is 11.2. The van der Waals surface area contributed by atoms with Crippen LogP contribution in [0, 0.1) is 0 Å². The molecule has 0 bridgehead atoms. The summed E-state index contributed by atoms with van der Waals surface area (Å²) in [7, 11) is -4.65. The van der Waals surface area contributed by atoms with Gasteiger partial charge in [0.2, 0.25) is 0 Å². The average molecular weight is 336 g/mol. The molecule has 0 spiro atoms. The van der Waals surface area contributed by atoms with Crippen molar-refractivity contribution in [2.75, 3.05) is 5.32 Å². The van der Waals surface area contributed by atoms with Crippen molar-refractivity contribution in [1.29, 1.82) is 0 Å². The minimum atomic E-state index is -5.32. The lowest BCUT2D eigenvalue weighted by Gasteiger charge is -2.10. The monoisotopic (exact) mass is 336 g/mol. The third-order valence-electron chi connectivity index (χ3n) is 2.29. The lowest BCUT2D eigenvalue weighted by atomic mass is 10.3. The van der Waals surface area contributed by atoms with Gasteiger partial charge in [-0.25, -0.2) is 13.1 Å². The number of carbonyl (C=O) groups is 2. The molecular weight excluding hydrogens is 325 g/mol. The second kappa shape index (κ2) is 6.18. The van der Waals surface area contributed by atoms with Gasteiger partial charge in [-0.2, -0.15) is 13.2 Å². The van der Waals surface area contributed by atoms with Crippen LogP contribution in [-0.2, 0) is 19.6 Å². The third kappa shape index (κ3) is 4.58. The van der Waals surface area contributed by atoms with Gasteiger partial charge in [0.25, 0.3) is 15.9 Å². The first-order chi connectivity index (χ1) is 9.93. The molecule has 0 aliphatic heterocycles. The fourth-order valence-electron chi connectivity index (χ4n) is 1.19. The lowest BCUT2D eigenvalue weighted by molar-refractivity contribution is -0.171. The first kappa shape index (κ1) is 17.7. The van der Waals surface area contributed by atoms with Crippen molar-refractivity contribution in [3.63, 3.8) is 0 Å². The number of benzene rings is 1. The van der Waals surface area contributed by atoms with Crippen LogP contribution in [0.2, 0.25) is 0 Å². The molecule has 22 heavy (non-hydrogen) atoms. The maximum absolute atomic E-state index is 12.0. The second-order valence-electron chi connectivity index (χ2n) is 4.19. The van der Waals surface area contributed by atoms with E-state index >= 15 is 0 Å². The van der Waals surface area contributed by atoms with Gasteiger partial charge in [0.15, 0.2) is 0 Å². The van der Waals surface area contributed by atoms with Crippen molar-refractivity contribution in [3.8, 4) is 0 Å². The SMILES string of the molecule is C=C(C)C(=O)Nc1ccc(S(=O)(=O)NC(=O)C(F)(F)F)cc1. The fraction of sp³-hybridized carbons (Fsp3) is 0.167. The van der Waals surface area contributed by atoms with Crippen molar-refractivity contribution in [2.45, 2.75) is 18.0 Å². The first-order valence-corrected chi connectivity index (χ1v) is 7.12. The maximum Gasteiger partial charge on any atom is 0.472 e. The molecule has 2 N–H and O–H groups in total. The topological polar surface area (TPSA) is 92.3 Å². The third-order valence-corrected chi connectivity index (χ3v) is 3.64. The number of carbonyl (C=O) groups excluding carboxylic acids is 2. The maximum atomic E-state index is 12.0. The second-order valence-corrected chi connectivity index (χ2v) is 5.87. The van der Waals surface area contributed by atoms with Crippen LogP contribution in [0.5, 0.6) is 0 Å². The van der Waals surface area contributed by atoms with Gasteiger partial charge >= 0.3 is 12.1 Å². The highest BCUT2D eigenvalue weighted by molar-refractivity contribution is 7.90. The van der Waals surface area contributed by atoms with Gasteiger partial charge < -0.3 is 5.32 Å². The molecule has 0 unspecified atom stereocenters. The minimum absolute atomic E-state index is 0.217. The van der Waals surface area contributed by atoms with Crippen LogP contribution in [-0.4, -0.2) is 26.4 Å². The Kier molecular flexibility index (Phi) is 4.97. The van der Waals surface area contributed by atoms with Crippen LogP contribution in [0.25, 0.3) is 0 Å². The van der Waals surface area contributed by atoms with E-state index in [2.05, 4.69) is 11.9 Å². The number of halogens is 3. The molecule has 0 fully saturated rings. The summed E-state index contributed by atoms with van der Waals surface area (Å²) in [4.78, 5) is 21.4. The number of sulfonamides is 1. The molecule has 0 aliphatic carbocycles. The predicted octanol–water partition coefficient (Wildman–Crippen LogP) is 1.57. The Labute approximate surface area is 124 Å². The van der Waals surface area contributed by atoms with Gasteiger partial charge in [-0.1, -0.05) is 6.58 Å². The van der Waals surface area contributed by atoms with Gasteiger partial charge in [0.1, 0.15) is 0 Å². The van der Waals surface area contributed by atoms with Crippen molar-refractivity contribution >= 4 is 27.5 Å². The molecular formula is C12H11F3N2O4S. The number of alkyl halides is 3. The predicted molar refractivity (Wildman–Crippen MR) is 71.3 cm³/mol. The summed E-state index contributed by atoms with van der Waals surface area (Å²) in [6, 6.07) is 4.21. The summed E-state index contributed by atoms with van der Waals surface area (Å²) in [6.45, 7) is 4.86. The molecule has 10 heteroatoms. The number of nitrogens with one attached hydrogen (secondary N) is 2. The highest BCUT2D eigenvalue weighted by Crippen LogP contribution is 2.18. The lowest BCUT2D eigenvalue weighted by Crippen LogP contribution is -2.40. The number of hydrogen-bond donors (Lipinski definition) is 2. The Hall–Kier alpha value is -2.36. The van der Waals surface area contributed by atoms with E-state index in [1.807, 2.05) is 0 Å². The standard InChI is InChI=1S/C12H11F3N2O4S/c1-7(2)10(18)16-8-3-5-9(6-4-8)22(20,21)17-11(19)12(13,14)15/h3-6H,1H2,2H3,(H,16,18)(H,17,19). The van der Waals surface area contributed by atoms with Gasteiger partial charge in [0.05, 0.1) is 4.90 Å². The highest BCUT2D eigenvalue weighted by atomic mass is 32.2. The van der Waals surface area contributed by atoms with E-state index in [4.69, 9.17) is 0 Å². The highest BCUT2D eigenvalue weighted by Gasteiger charge is 2.41. The summed E-state index contributed by atoms with van der Waals surface area (Å²) < 4.78 is 60.2. The van der Waals surface area contributed by atoms with Crippen molar-refractivity contribution < 1.29 is 31.2 Å². The Morgan fingerprint density at radius 1 is 1.14 bits per heavy atom. The number of rotatable bonds is 4. The number of amides is 2. The smallest absolute Gasteiger partial charge is 0.322 e. The van der Waals surface area contributed by atoms with E-state index in [9.17, 15) is 31.2 Å². The van der Waals surface area contributed by atoms with Crippen LogP contribution < -0.4 is 10.0 Å². The van der Waals surface area contributed by atoms with E-state index in [1.54, 1.807) is 0 Å². The number of hydrogen-bond acceptors (Lipinski definition) is 4. The van der Waals surface area contributed by atoms with Crippen molar-refractivity contribution in [3.05, 3.63) is 36.4 Å². The molecule has 0 radical (unpaired) electrons. The summed E-state index contributed by atoms with van der Waals surface area (Å²) in [5.74, 6) is -3.09. The normalized spacial score (nSPS) is 11.6. The molecule has 0 heterocycles. The Balaban J connectivity index is 2.92. The van der Waals surface area contributed by atoms with Crippen LogP contribution in [0.1, 0.15) is 6.92 Å². The van der Waals surface area contributed by atoms with E-state index < -0.39 is 32.9 Å². The summed E-state index contributed by atoms with van der Waals surface area (Å²) in [6.07, 6.45) is -5.32. The van der Waals surface area contributed by atoms with E-state index in [-0.39, 0.29) is 11.3 Å². The molecule has 2 amide bonds. The van der Waals surface area contributed by atoms with Crippen molar-refractivity contribution in [1.82, 2.24) is 4.72 Å². The van der Waals surface area contributed by atoms with Gasteiger partial charge in [-0.05, 0) is 31.2 Å². The van der Waals surface area contributed by atoms with Crippen LogP contribution in [0.3, 0.4) is 0 Å². The Morgan fingerprint density at radius 2 is 1.64 bits per heavy atom. The van der Waals surface area contributed by atoms with Crippen LogP contribution in [0.4, 0.5) is 18.9 Å². The average Bonchev–Trinajstić information content (AvgIpc) is 2.37. The molecule has 1 aromatic carbocycles. The molecule has 0 saturated carbocycles. The molecule has 1 rings (SSSR count). The molecule has 6 nitrogen and oxygen atoms in total. The molecule has 120 valence electrons. The fourth-order valence-corrected chi connectivity index (χ4v) is 2.17.